The van der Waals surface area contributed by atoms with Crippen molar-refractivity contribution in [3.63, 3.8) is 0 Å². The van der Waals surface area contributed by atoms with Gasteiger partial charge in [0.15, 0.2) is 0 Å². The lowest BCUT2D eigenvalue weighted by atomic mass is 9.98. The number of hydrogen-bond donors (Lipinski definition) is 2. The summed E-state index contributed by atoms with van der Waals surface area (Å²) in [6.45, 7) is 1.51. The monoisotopic (exact) mass is 431 g/mol. The van der Waals surface area contributed by atoms with Crippen LogP contribution in [0.3, 0.4) is 0 Å². The van der Waals surface area contributed by atoms with E-state index < -0.39 is 5.82 Å². The molecule has 0 bridgehead atoms. The summed E-state index contributed by atoms with van der Waals surface area (Å²) in [6, 6.07) is 13.5. The second-order valence-electron chi connectivity index (χ2n) is 7.05. The zero-order chi connectivity index (χ0) is 20.2. The van der Waals surface area contributed by atoms with Gasteiger partial charge in [-0.25, -0.2) is 9.18 Å². The summed E-state index contributed by atoms with van der Waals surface area (Å²) in [7, 11) is 0. The first-order valence-corrected chi connectivity index (χ1v) is 9.57. The Morgan fingerprint density at radius 2 is 2.00 bits per heavy atom. The Morgan fingerprint density at radius 3 is 2.73 bits per heavy atom. The van der Waals surface area contributed by atoms with Gasteiger partial charge in [-0.3, -0.25) is 0 Å². The fourth-order valence-corrected chi connectivity index (χ4v) is 3.43. The number of urea groups is 1. The Labute approximate surface area is 179 Å². The Kier molecular flexibility index (Phi) is 7.02. The summed E-state index contributed by atoms with van der Waals surface area (Å²) in [6.07, 6.45) is 1.65. The van der Waals surface area contributed by atoms with Crippen molar-refractivity contribution in [2.24, 2.45) is 5.73 Å². The zero-order valence-electron chi connectivity index (χ0n) is 16.3. The lowest BCUT2D eigenvalue weighted by Crippen LogP contribution is -2.41. The van der Waals surface area contributed by atoms with Crippen LogP contribution in [0.2, 0.25) is 0 Å². The third kappa shape index (κ3) is 4.77. The number of rotatable bonds is 4. The van der Waals surface area contributed by atoms with Crippen LogP contribution < -0.4 is 11.1 Å². The maximum Gasteiger partial charge on any atom is 0.321 e. The molecular weight excluding hydrogens is 409 g/mol. The summed E-state index contributed by atoms with van der Waals surface area (Å²) in [5, 5.41) is 6.71. The topological polar surface area (TPSA) is 97.3 Å². The van der Waals surface area contributed by atoms with Crippen molar-refractivity contribution in [3.8, 4) is 11.4 Å². The number of amides is 2. The van der Waals surface area contributed by atoms with Gasteiger partial charge in [-0.1, -0.05) is 41.6 Å². The first-order chi connectivity index (χ1) is 14.1. The van der Waals surface area contributed by atoms with Gasteiger partial charge in [-0.05, 0) is 30.5 Å². The van der Waals surface area contributed by atoms with Gasteiger partial charge in [0.1, 0.15) is 5.82 Å². The first-order valence-electron chi connectivity index (χ1n) is 9.57. The highest BCUT2D eigenvalue weighted by atomic mass is 35.5. The molecule has 0 radical (unpaired) electrons. The van der Waals surface area contributed by atoms with Gasteiger partial charge in [-0.15, -0.1) is 12.4 Å². The third-order valence-corrected chi connectivity index (χ3v) is 5.06. The highest BCUT2D eigenvalue weighted by Gasteiger charge is 2.29. The van der Waals surface area contributed by atoms with E-state index in [-0.39, 0.29) is 30.0 Å². The third-order valence-electron chi connectivity index (χ3n) is 5.06. The van der Waals surface area contributed by atoms with Crippen LogP contribution in [0.15, 0.2) is 53.1 Å². The lowest BCUT2D eigenvalue weighted by molar-refractivity contribution is 0.184. The highest BCUT2D eigenvalue weighted by molar-refractivity contribution is 5.89. The van der Waals surface area contributed by atoms with E-state index in [1.807, 2.05) is 24.3 Å². The normalized spacial score (nSPS) is 16.1. The molecule has 158 valence electrons. The second kappa shape index (κ2) is 9.69. The van der Waals surface area contributed by atoms with E-state index in [1.165, 1.54) is 12.1 Å². The second-order valence-corrected chi connectivity index (χ2v) is 7.05. The van der Waals surface area contributed by atoms with E-state index in [0.717, 1.165) is 24.0 Å². The Hall–Kier alpha value is -2.97. The van der Waals surface area contributed by atoms with Crippen molar-refractivity contribution in [2.45, 2.75) is 25.3 Å². The van der Waals surface area contributed by atoms with Gasteiger partial charge in [0, 0.05) is 25.2 Å². The van der Waals surface area contributed by atoms with Crippen LogP contribution in [-0.4, -0.2) is 34.2 Å². The van der Waals surface area contributed by atoms with Gasteiger partial charge in [0.25, 0.3) is 0 Å². The Balaban J connectivity index is 0.00000256. The van der Waals surface area contributed by atoms with Crippen molar-refractivity contribution in [1.29, 1.82) is 0 Å². The Bertz CT molecular complexity index is 995. The molecule has 0 spiro atoms. The number of benzene rings is 2. The van der Waals surface area contributed by atoms with Crippen molar-refractivity contribution >= 4 is 24.1 Å². The molecule has 2 amide bonds. The minimum absolute atomic E-state index is 0. The standard InChI is InChI=1S/C21H22FN5O2.ClH/c22-17-5-1-2-6-18(17)24-21(28)27-11-3-4-16(13-27)20-25-19(26-29-20)15-9-7-14(12-23)8-10-15;/h1-2,5-10,16H,3-4,11-13,23H2,(H,24,28);1H. The van der Waals surface area contributed by atoms with Gasteiger partial charge in [0.05, 0.1) is 11.6 Å². The average molecular weight is 432 g/mol. The van der Waals surface area contributed by atoms with Crippen molar-refractivity contribution in [1.82, 2.24) is 15.0 Å². The van der Waals surface area contributed by atoms with Crippen LogP contribution in [0.1, 0.15) is 30.2 Å². The van der Waals surface area contributed by atoms with Crippen LogP contribution in [0.4, 0.5) is 14.9 Å². The van der Waals surface area contributed by atoms with E-state index in [2.05, 4.69) is 15.5 Å². The number of likely N-dealkylation sites (tertiary alicyclic amines) is 1. The number of nitrogens with two attached hydrogens (primary N) is 1. The smallest absolute Gasteiger partial charge is 0.321 e. The summed E-state index contributed by atoms with van der Waals surface area (Å²) in [5.74, 6) is 0.499. The number of piperidine rings is 1. The number of hydrogen-bond acceptors (Lipinski definition) is 5. The number of carbonyl (C=O) groups is 1. The van der Waals surface area contributed by atoms with Gasteiger partial charge >= 0.3 is 6.03 Å². The number of carbonyl (C=O) groups excluding carboxylic acids is 1. The summed E-state index contributed by atoms with van der Waals surface area (Å²) < 4.78 is 19.3. The number of nitrogens with zero attached hydrogens (tertiary/aromatic N) is 3. The van der Waals surface area contributed by atoms with Gasteiger partial charge in [-0.2, -0.15) is 4.98 Å². The van der Waals surface area contributed by atoms with Gasteiger partial charge in [0.2, 0.25) is 11.7 Å². The van der Waals surface area contributed by atoms with Crippen LogP contribution in [0.5, 0.6) is 0 Å². The predicted octanol–water partition coefficient (Wildman–Crippen LogP) is 4.17. The van der Waals surface area contributed by atoms with E-state index in [0.29, 0.717) is 31.3 Å². The fourth-order valence-electron chi connectivity index (χ4n) is 3.43. The largest absolute Gasteiger partial charge is 0.339 e. The van der Waals surface area contributed by atoms with Gasteiger partial charge < -0.3 is 20.5 Å². The molecule has 9 heteroatoms. The van der Waals surface area contributed by atoms with E-state index >= 15 is 0 Å². The van der Waals surface area contributed by atoms with Crippen LogP contribution in [-0.2, 0) is 6.54 Å². The summed E-state index contributed by atoms with van der Waals surface area (Å²) >= 11 is 0. The number of aromatic nitrogens is 2. The molecule has 0 saturated carbocycles. The first kappa shape index (κ1) is 21.7. The minimum Gasteiger partial charge on any atom is -0.339 e. The molecule has 1 saturated heterocycles. The molecule has 1 unspecified atom stereocenters. The molecule has 1 fully saturated rings. The molecule has 0 aliphatic carbocycles. The quantitative estimate of drug-likeness (QED) is 0.646. The fraction of sp³-hybridized carbons (Fsp3) is 0.286. The molecule has 1 aromatic heterocycles. The molecule has 3 aromatic rings. The molecule has 2 aromatic carbocycles. The molecule has 2 heterocycles. The highest BCUT2D eigenvalue weighted by Crippen LogP contribution is 2.28. The molecule has 1 atom stereocenters. The number of nitrogens with one attached hydrogen (secondary N) is 1. The minimum atomic E-state index is -0.461. The van der Waals surface area contributed by atoms with E-state index in [9.17, 15) is 9.18 Å². The van der Waals surface area contributed by atoms with Crippen LogP contribution in [0, 0.1) is 5.82 Å². The molecule has 4 rings (SSSR count). The van der Waals surface area contributed by atoms with E-state index in [4.69, 9.17) is 10.3 Å². The Morgan fingerprint density at radius 1 is 1.23 bits per heavy atom. The maximum atomic E-state index is 13.8. The molecule has 1 aliphatic heterocycles. The SMILES string of the molecule is Cl.NCc1ccc(-c2noc(C3CCCN(C(=O)Nc4ccccc4F)C3)n2)cc1. The van der Waals surface area contributed by atoms with Crippen LogP contribution in [0.25, 0.3) is 11.4 Å². The predicted molar refractivity (Wildman–Crippen MR) is 114 cm³/mol. The van der Waals surface area contributed by atoms with Crippen LogP contribution >= 0.6 is 12.4 Å². The average Bonchev–Trinajstić information content (AvgIpc) is 3.26. The molecule has 30 heavy (non-hydrogen) atoms. The maximum absolute atomic E-state index is 13.8. The zero-order valence-corrected chi connectivity index (χ0v) is 17.1. The number of anilines is 1. The molecule has 3 N–H and O–H groups in total. The van der Waals surface area contributed by atoms with Crippen molar-refractivity contribution in [2.75, 3.05) is 18.4 Å². The number of para-hydroxylation sites is 1. The van der Waals surface area contributed by atoms with E-state index in [1.54, 1.807) is 17.0 Å². The molecular formula is C21H23ClFN5O2. The summed E-state index contributed by atoms with van der Waals surface area (Å²) in [4.78, 5) is 18.7. The van der Waals surface area contributed by atoms with Crippen molar-refractivity contribution < 1.29 is 13.7 Å². The molecule has 1 aliphatic rings. The lowest BCUT2D eigenvalue weighted by Gasteiger charge is -2.31. The summed E-state index contributed by atoms with van der Waals surface area (Å²) in [5.41, 5.74) is 7.67. The molecule has 7 nitrogen and oxygen atoms in total. The number of halogens is 2. The van der Waals surface area contributed by atoms with Crippen molar-refractivity contribution in [3.05, 3.63) is 65.8 Å².